The predicted octanol–water partition coefficient (Wildman–Crippen LogP) is 2.31. The second-order valence-corrected chi connectivity index (χ2v) is 4.39. The van der Waals surface area contributed by atoms with E-state index in [0.29, 0.717) is 5.75 Å². The minimum atomic E-state index is -2.40. The van der Waals surface area contributed by atoms with Gasteiger partial charge in [-0.1, -0.05) is 15.9 Å². The molecule has 3 nitrogen and oxygen atoms in total. The van der Waals surface area contributed by atoms with Gasteiger partial charge in [0.2, 0.25) is 0 Å². The molecule has 0 saturated heterocycles. The maximum atomic E-state index is 12.2. The Balaban J connectivity index is 2.89. The molecule has 1 aromatic carbocycles. The lowest BCUT2D eigenvalue weighted by molar-refractivity contribution is 0.141. The van der Waals surface area contributed by atoms with E-state index in [1.165, 1.54) is 7.11 Å². The molecule has 17 heavy (non-hydrogen) atoms. The van der Waals surface area contributed by atoms with Crippen molar-refractivity contribution in [3.05, 3.63) is 28.2 Å². The zero-order valence-corrected chi connectivity index (χ0v) is 11.0. The summed E-state index contributed by atoms with van der Waals surface area (Å²) in [5.41, 5.74) is 6.35. The van der Waals surface area contributed by atoms with Gasteiger partial charge in [-0.2, -0.15) is 0 Å². The van der Waals surface area contributed by atoms with Crippen LogP contribution in [0, 0.1) is 0 Å². The van der Waals surface area contributed by atoms with Gasteiger partial charge in [0.15, 0.2) is 0 Å². The minimum absolute atomic E-state index is 0.222. The molecule has 96 valence electrons. The zero-order chi connectivity index (χ0) is 12.8. The SMILES string of the molecule is COc1ccc(Br)cc1C(CN)NCC(F)F. The highest BCUT2D eigenvalue weighted by molar-refractivity contribution is 9.10. The number of benzene rings is 1. The fraction of sp³-hybridized carbons (Fsp3) is 0.455. The van der Waals surface area contributed by atoms with Crippen LogP contribution in [0.1, 0.15) is 11.6 Å². The third-order valence-corrected chi connectivity index (χ3v) is 2.81. The van der Waals surface area contributed by atoms with Gasteiger partial charge in [0.25, 0.3) is 6.43 Å². The van der Waals surface area contributed by atoms with Gasteiger partial charge in [0, 0.05) is 22.6 Å². The Hall–Kier alpha value is -0.720. The Morgan fingerprint density at radius 1 is 1.47 bits per heavy atom. The van der Waals surface area contributed by atoms with E-state index in [-0.39, 0.29) is 12.6 Å². The lowest BCUT2D eigenvalue weighted by atomic mass is 10.1. The molecule has 0 fully saturated rings. The summed E-state index contributed by atoms with van der Waals surface area (Å²) >= 11 is 3.33. The molecular formula is C11H15BrF2N2O. The number of nitrogens with one attached hydrogen (secondary N) is 1. The summed E-state index contributed by atoms with van der Waals surface area (Å²) in [6.07, 6.45) is -2.40. The smallest absolute Gasteiger partial charge is 0.250 e. The Morgan fingerprint density at radius 3 is 2.71 bits per heavy atom. The molecular weight excluding hydrogens is 294 g/mol. The quantitative estimate of drug-likeness (QED) is 0.848. The van der Waals surface area contributed by atoms with Crippen LogP contribution in [0.2, 0.25) is 0 Å². The molecule has 1 rings (SSSR count). The van der Waals surface area contributed by atoms with Gasteiger partial charge >= 0.3 is 0 Å². The standard InChI is InChI=1S/C11H15BrF2N2O/c1-17-10-3-2-7(12)4-8(10)9(5-15)16-6-11(13)14/h2-4,9,11,16H,5-6,15H2,1H3. The highest BCUT2D eigenvalue weighted by Crippen LogP contribution is 2.28. The van der Waals surface area contributed by atoms with E-state index in [2.05, 4.69) is 21.2 Å². The zero-order valence-electron chi connectivity index (χ0n) is 9.42. The van der Waals surface area contributed by atoms with E-state index < -0.39 is 13.0 Å². The highest BCUT2D eigenvalue weighted by atomic mass is 79.9. The number of methoxy groups -OCH3 is 1. The molecule has 0 aliphatic carbocycles. The first-order valence-electron chi connectivity index (χ1n) is 5.13. The molecule has 6 heteroatoms. The third kappa shape index (κ3) is 4.22. The first-order valence-corrected chi connectivity index (χ1v) is 5.92. The van der Waals surface area contributed by atoms with E-state index in [4.69, 9.17) is 10.5 Å². The van der Waals surface area contributed by atoms with E-state index in [1.54, 1.807) is 6.07 Å². The number of nitrogens with two attached hydrogens (primary N) is 1. The molecule has 0 heterocycles. The van der Waals surface area contributed by atoms with E-state index in [0.717, 1.165) is 10.0 Å². The normalized spacial score (nSPS) is 12.8. The monoisotopic (exact) mass is 308 g/mol. The van der Waals surface area contributed by atoms with Crippen LogP contribution in [0.15, 0.2) is 22.7 Å². The number of halogens is 3. The third-order valence-electron chi connectivity index (χ3n) is 2.32. The Labute approximate surface area is 107 Å². The summed E-state index contributed by atoms with van der Waals surface area (Å²) in [4.78, 5) is 0. The fourth-order valence-electron chi connectivity index (χ4n) is 1.53. The molecule has 0 saturated carbocycles. The van der Waals surface area contributed by atoms with Crippen molar-refractivity contribution in [2.45, 2.75) is 12.5 Å². The van der Waals surface area contributed by atoms with Gasteiger partial charge in [-0.15, -0.1) is 0 Å². The van der Waals surface area contributed by atoms with Crippen molar-refractivity contribution in [2.75, 3.05) is 20.2 Å². The second kappa shape index (κ2) is 6.88. The topological polar surface area (TPSA) is 47.3 Å². The van der Waals surface area contributed by atoms with Gasteiger partial charge in [0.1, 0.15) is 5.75 Å². The van der Waals surface area contributed by atoms with Crippen molar-refractivity contribution in [1.29, 1.82) is 0 Å². The molecule has 0 aromatic heterocycles. The number of hydrogen-bond donors (Lipinski definition) is 2. The summed E-state index contributed by atoms with van der Waals surface area (Å²) in [7, 11) is 1.54. The van der Waals surface area contributed by atoms with Crippen LogP contribution in [0.3, 0.4) is 0 Å². The maximum absolute atomic E-state index is 12.2. The van der Waals surface area contributed by atoms with Crippen molar-refractivity contribution < 1.29 is 13.5 Å². The minimum Gasteiger partial charge on any atom is -0.496 e. The Morgan fingerprint density at radius 2 is 2.18 bits per heavy atom. The van der Waals surface area contributed by atoms with Gasteiger partial charge in [0.05, 0.1) is 13.7 Å². The van der Waals surface area contributed by atoms with Crippen molar-refractivity contribution in [3.63, 3.8) is 0 Å². The Bertz CT molecular complexity index is 363. The summed E-state index contributed by atoms with van der Waals surface area (Å²) < 4.78 is 30.4. The van der Waals surface area contributed by atoms with Crippen molar-refractivity contribution in [2.24, 2.45) is 5.73 Å². The summed E-state index contributed by atoms with van der Waals surface area (Å²) in [5, 5.41) is 2.71. The first-order chi connectivity index (χ1) is 8.08. The molecule has 0 aliphatic heterocycles. The number of alkyl halides is 2. The molecule has 0 spiro atoms. The van der Waals surface area contributed by atoms with Crippen molar-refractivity contribution in [1.82, 2.24) is 5.32 Å². The van der Waals surface area contributed by atoms with Gasteiger partial charge in [-0.05, 0) is 18.2 Å². The summed E-state index contributed by atoms with van der Waals surface area (Å²) in [6.45, 7) is -0.170. The van der Waals surface area contributed by atoms with Crippen LogP contribution in [-0.4, -0.2) is 26.6 Å². The summed E-state index contributed by atoms with van der Waals surface area (Å²) in [6, 6.07) is 5.06. The average molecular weight is 309 g/mol. The van der Waals surface area contributed by atoms with Crippen LogP contribution in [0.25, 0.3) is 0 Å². The molecule has 0 radical (unpaired) electrons. The molecule has 0 aliphatic rings. The highest BCUT2D eigenvalue weighted by Gasteiger charge is 2.16. The summed E-state index contributed by atoms with van der Waals surface area (Å²) in [5.74, 6) is 0.630. The van der Waals surface area contributed by atoms with Gasteiger partial charge < -0.3 is 15.8 Å². The van der Waals surface area contributed by atoms with Crippen LogP contribution in [-0.2, 0) is 0 Å². The van der Waals surface area contributed by atoms with Crippen molar-refractivity contribution in [3.8, 4) is 5.75 Å². The number of ether oxygens (including phenoxy) is 1. The largest absolute Gasteiger partial charge is 0.496 e. The Kier molecular flexibility index (Phi) is 5.80. The second-order valence-electron chi connectivity index (χ2n) is 3.47. The molecule has 1 atom stereocenters. The van der Waals surface area contributed by atoms with Crippen LogP contribution in [0.5, 0.6) is 5.75 Å². The molecule has 1 unspecified atom stereocenters. The van der Waals surface area contributed by atoms with Gasteiger partial charge in [-0.3, -0.25) is 0 Å². The van der Waals surface area contributed by atoms with E-state index >= 15 is 0 Å². The molecule has 1 aromatic rings. The lowest BCUT2D eigenvalue weighted by Gasteiger charge is -2.20. The fourth-order valence-corrected chi connectivity index (χ4v) is 1.91. The van der Waals surface area contributed by atoms with Crippen LogP contribution < -0.4 is 15.8 Å². The average Bonchev–Trinajstić information content (AvgIpc) is 2.30. The first kappa shape index (κ1) is 14.3. The van der Waals surface area contributed by atoms with Gasteiger partial charge in [-0.25, -0.2) is 8.78 Å². The van der Waals surface area contributed by atoms with E-state index in [9.17, 15) is 8.78 Å². The van der Waals surface area contributed by atoms with Crippen molar-refractivity contribution >= 4 is 15.9 Å². The van der Waals surface area contributed by atoms with Crippen LogP contribution >= 0.6 is 15.9 Å². The predicted molar refractivity (Wildman–Crippen MR) is 66.5 cm³/mol. The molecule has 0 amide bonds. The van der Waals surface area contributed by atoms with Crippen LogP contribution in [0.4, 0.5) is 8.78 Å². The lowest BCUT2D eigenvalue weighted by Crippen LogP contribution is -2.32. The molecule has 3 N–H and O–H groups in total. The maximum Gasteiger partial charge on any atom is 0.250 e. The number of rotatable bonds is 6. The molecule has 0 bridgehead atoms. The number of hydrogen-bond acceptors (Lipinski definition) is 3. The van der Waals surface area contributed by atoms with E-state index in [1.807, 2.05) is 12.1 Å².